The second-order valence-corrected chi connectivity index (χ2v) is 7.61. The normalized spacial score (nSPS) is 11.4. The summed E-state index contributed by atoms with van der Waals surface area (Å²) in [6, 6.07) is 7.01. The Balaban J connectivity index is 1.72. The quantitative estimate of drug-likeness (QED) is 0.729. The Morgan fingerprint density at radius 1 is 1.27 bits per heavy atom. The Morgan fingerprint density at radius 2 is 2.04 bits per heavy atom. The van der Waals surface area contributed by atoms with Crippen molar-refractivity contribution in [1.82, 2.24) is 15.1 Å². The van der Waals surface area contributed by atoms with Crippen LogP contribution in [0.1, 0.15) is 48.5 Å². The number of ether oxygens (including phenoxy) is 1. The van der Waals surface area contributed by atoms with Gasteiger partial charge in [-0.1, -0.05) is 38.1 Å². The number of para-hydroxylation sites is 1. The van der Waals surface area contributed by atoms with Crippen LogP contribution in [0.4, 0.5) is 5.13 Å². The van der Waals surface area contributed by atoms with Gasteiger partial charge in [0.1, 0.15) is 5.75 Å². The first-order chi connectivity index (χ1) is 12.3. The second kappa shape index (κ2) is 7.25. The molecule has 0 aliphatic carbocycles. The number of rotatable bonds is 5. The Hall–Kier alpha value is -2.74. The first kappa shape index (κ1) is 18.1. The third kappa shape index (κ3) is 4.26. The smallest absolute Gasteiger partial charge is 0.261 e. The van der Waals surface area contributed by atoms with Gasteiger partial charge >= 0.3 is 0 Å². The summed E-state index contributed by atoms with van der Waals surface area (Å²) in [7, 11) is 0. The van der Waals surface area contributed by atoms with Gasteiger partial charge in [-0.25, -0.2) is 4.98 Å². The van der Waals surface area contributed by atoms with Gasteiger partial charge in [0.05, 0.1) is 11.3 Å². The van der Waals surface area contributed by atoms with Crippen molar-refractivity contribution in [2.24, 2.45) is 0 Å². The van der Waals surface area contributed by atoms with E-state index in [-0.39, 0.29) is 17.9 Å². The number of carbonyl (C=O) groups is 1. The molecule has 3 aromatic rings. The molecule has 1 N–H and O–H groups in total. The Morgan fingerprint density at radius 3 is 2.69 bits per heavy atom. The molecule has 0 aliphatic heterocycles. The number of anilines is 1. The lowest BCUT2D eigenvalue weighted by atomic mass is 9.93. The van der Waals surface area contributed by atoms with Crippen LogP contribution >= 0.6 is 11.3 Å². The van der Waals surface area contributed by atoms with Crippen LogP contribution in [0.25, 0.3) is 0 Å². The lowest BCUT2D eigenvalue weighted by molar-refractivity contribution is 0.102. The minimum Gasteiger partial charge on any atom is -0.485 e. The molecule has 2 aromatic heterocycles. The average Bonchev–Trinajstić information content (AvgIpc) is 3.22. The van der Waals surface area contributed by atoms with Crippen molar-refractivity contribution in [1.29, 1.82) is 0 Å². The summed E-state index contributed by atoms with van der Waals surface area (Å²) < 4.78 is 10.6. The van der Waals surface area contributed by atoms with Crippen LogP contribution in [0.2, 0.25) is 0 Å². The predicted octanol–water partition coefficient (Wildman–Crippen LogP) is 3.96. The van der Waals surface area contributed by atoms with Crippen molar-refractivity contribution in [2.45, 2.75) is 39.7 Å². The van der Waals surface area contributed by atoms with Gasteiger partial charge in [0.15, 0.2) is 11.7 Å². The fraction of sp³-hybridized carbons (Fsp3) is 0.333. The summed E-state index contributed by atoms with van der Waals surface area (Å²) in [5.41, 5.74) is 1.29. The second-order valence-electron chi connectivity index (χ2n) is 6.76. The molecule has 0 radical (unpaired) electrons. The van der Waals surface area contributed by atoms with Gasteiger partial charge < -0.3 is 9.26 Å². The summed E-state index contributed by atoms with van der Waals surface area (Å²) in [5.74, 6) is 1.06. The zero-order chi connectivity index (χ0) is 18.7. The van der Waals surface area contributed by atoms with Crippen molar-refractivity contribution in [3.05, 3.63) is 52.6 Å². The number of hydrogen-bond donors (Lipinski definition) is 1. The highest BCUT2D eigenvalue weighted by Crippen LogP contribution is 2.27. The average molecular weight is 372 g/mol. The number of aryl methyl sites for hydroxylation is 1. The highest BCUT2D eigenvalue weighted by molar-refractivity contribution is 7.14. The molecule has 1 amide bonds. The molecule has 2 heterocycles. The van der Waals surface area contributed by atoms with Gasteiger partial charge in [0, 0.05) is 17.7 Å². The summed E-state index contributed by atoms with van der Waals surface area (Å²) in [6.07, 6.45) is 0. The lowest BCUT2D eigenvalue weighted by Crippen LogP contribution is -2.15. The van der Waals surface area contributed by atoms with E-state index >= 15 is 0 Å². The zero-order valence-corrected chi connectivity index (χ0v) is 15.9. The molecule has 3 rings (SSSR count). The predicted molar refractivity (Wildman–Crippen MR) is 98.6 cm³/mol. The van der Waals surface area contributed by atoms with Gasteiger partial charge in [-0.05, 0) is 12.1 Å². The first-order valence-corrected chi connectivity index (χ1v) is 8.99. The Bertz CT molecular complexity index is 911. The maximum Gasteiger partial charge on any atom is 0.261 e. The number of thiazole rings is 1. The minimum atomic E-state index is -0.278. The molecule has 0 atom stereocenters. The van der Waals surface area contributed by atoms with Crippen molar-refractivity contribution < 1.29 is 14.1 Å². The molecule has 1 aromatic carbocycles. The van der Waals surface area contributed by atoms with E-state index in [1.165, 1.54) is 11.3 Å². The van der Waals surface area contributed by atoms with Crippen molar-refractivity contribution in [2.75, 3.05) is 5.32 Å². The molecule has 136 valence electrons. The summed E-state index contributed by atoms with van der Waals surface area (Å²) >= 11 is 1.40. The topological polar surface area (TPSA) is 90.1 Å². The van der Waals surface area contributed by atoms with Crippen LogP contribution < -0.4 is 10.1 Å². The number of benzene rings is 1. The third-order valence-electron chi connectivity index (χ3n) is 3.55. The van der Waals surface area contributed by atoms with Gasteiger partial charge in [-0.15, -0.1) is 11.3 Å². The SMILES string of the molecule is Cc1nc(COc2ccccc2C(=O)Nc2nc(C(C)(C)C)cs2)no1. The van der Waals surface area contributed by atoms with Crippen LogP contribution in [0, 0.1) is 6.92 Å². The zero-order valence-electron chi connectivity index (χ0n) is 15.1. The van der Waals surface area contributed by atoms with Crippen molar-refractivity contribution in [3.8, 4) is 5.75 Å². The largest absolute Gasteiger partial charge is 0.485 e. The van der Waals surface area contributed by atoms with Crippen LogP contribution in [0.3, 0.4) is 0 Å². The fourth-order valence-corrected chi connectivity index (χ4v) is 3.09. The van der Waals surface area contributed by atoms with E-state index in [0.29, 0.717) is 28.2 Å². The third-order valence-corrected chi connectivity index (χ3v) is 4.31. The number of nitrogens with one attached hydrogen (secondary N) is 1. The van der Waals surface area contributed by atoms with Crippen LogP contribution in [0.15, 0.2) is 34.2 Å². The number of amides is 1. The minimum absolute atomic E-state index is 0.0662. The van der Waals surface area contributed by atoms with Gasteiger partial charge in [-0.3, -0.25) is 10.1 Å². The molecular formula is C18H20N4O3S. The van der Waals surface area contributed by atoms with E-state index < -0.39 is 0 Å². The highest BCUT2D eigenvalue weighted by atomic mass is 32.1. The van der Waals surface area contributed by atoms with Crippen molar-refractivity contribution in [3.63, 3.8) is 0 Å². The molecule has 0 saturated carbocycles. The number of carbonyl (C=O) groups excluding carboxylic acids is 1. The van der Waals surface area contributed by atoms with Gasteiger partial charge in [0.25, 0.3) is 5.91 Å². The molecular weight excluding hydrogens is 352 g/mol. The van der Waals surface area contributed by atoms with Gasteiger partial charge in [0.2, 0.25) is 11.7 Å². The molecule has 0 aliphatic rings. The van der Waals surface area contributed by atoms with E-state index in [0.717, 1.165) is 5.69 Å². The molecule has 26 heavy (non-hydrogen) atoms. The fourth-order valence-electron chi connectivity index (χ4n) is 2.16. The maximum atomic E-state index is 12.6. The van der Waals surface area contributed by atoms with Crippen LogP contribution in [-0.2, 0) is 12.0 Å². The molecule has 0 saturated heterocycles. The van der Waals surface area contributed by atoms with E-state index in [2.05, 4.69) is 41.2 Å². The van der Waals surface area contributed by atoms with Gasteiger partial charge in [-0.2, -0.15) is 4.98 Å². The van der Waals surface area contributed by atoms with E-state index in [1.54, 1.807) is 31.2 Å². The Labute approximate surface area is 155 Å². The molecule has 0 spiro atoms. The summed E-state index contributed by atoms with van der Waals surface area (Å²) in [4.78, 5) is 21.2. The van der Waals surface area contributed by atoms with E-state index in [4.69, 9.17) is 9.26 Å². The monoisotopic (exact) mass is 372 g/mol. The lowest BCUT2D eigenvalue weighted by Gasteiger charge is -2.14. The first-order valence-electron chi connectivity index (χ1n) is 8.11. The van der Waals surface area contributed by atoms with Crippen LogP contribution in [0.5, 0.6) is 5.75 Å². The Kier molecular flexibility index (Phi) is 5.03. The number of hydrogen-bond acceptors (Lipinski definition) is 7. The highest BCUT2D eigenvalue weighted by Gasteiger charge is 2.19. The molecule has 7 nitrogen and oxygen atoms in total. The molecule has 0 fully saturated rings. The number of aromatic nitrogens is 3. The standard InChI is InChI=1S/C18H20N4O3S/c1-11-19-15(22-25-11)9-24-13-8-6-5-7-12(13)16(23)21-17-20-14(10-26-17)18(2,3)4/h5-8,10H,9H2,1-4H3,(H,20,21,23). The van der Waals surface area contributed by atoms with Crippen LogP contribution in [-0.4, -0.2) is 21.0 Å². The maximum absolute atomic E-state index is 12.6. The number of nitrogens with zero attached hydrogens (tertiary/aromatic N) is 3. The molecule has 8 heteroatoms. The summed E-state index contributed by atoms with van der Waals surface area (Å²) in [5, 5.41) is 9.12. The van der Waals surface area contributed by atoms with E-state index in [9.17, 15) is 4.79 Å². The molecule has 0 unspecified atom stereocenters. The van der Waals surface area contributed by atoms with E-state index in [1.807, 2.05) is 5.38 Å². The van der Waals surface area contributed by atoms with Crippen molar-refractivity contribution >= 4 is 22.4 Å². The molecule has 0 bridgehead atoms. The summed E-state index contributed by atoms with van der Waals surface area (Å²) in [6.45, 7) is 8.06.